The van der Waals surface area contributed by atoms with Gasteiger partial charge in [-0.25, -0.2) is 0 Å². The minimum absolute atomic E-state index is 0. The fourth-order valence-electron chi connectivity index (χ4n) is 1.03. The van der Waals surface area contributed by atoms with Crippen molar-refractivity contribution in [3.05, 3.63) is 109 Å². The first-order valence-electron chi connectivity index (χ1n) is 7.26. The molecule has 3 aromatic carbocycles. The van der Waals surface area contributed by atoms with E-state index in [1.165, 1.54) is 4.90 Å². The molecule has 0 spiro atoms. The molecule has 3 aromatic rings. The Morgan fingerprint density at radius 2 is 0.840 bits per heavy atom. The maximum absolute atomic E-state index is 10.0. The van der Waals surface area contributed by atoms with Crippen molar-refractivity contribution in [1.82, 2.24) is 4.90 Å². The second-order valence-electron chi connectivity index (χ2n) is 4.39. The Labute approximate surface area is 180 Å². The first-order valence-corrected chi connectivity index (χ1v) is 8.11. The zero-order chi connectivity index (χ0) is 17.9. The van der Waals surface area contributed by atoms with Gasteiger partial charge in [0.25, 0.3) is 0 Å². The van der Waals surface area contributed by atoms with Crippen molar-refractivity contribution < 1.29 is 4.79 Å². The van der Waals surface area contributed by atoms with Gasteiger partial charge in [-0.05, 0) is 18.2 Å². The summed E-state index contributed by atoms with van der Waals surface area (Å²) in [6.07, 6.45) is 0. The van der Waals surface area contributed by atoms with Crippen molar-refractivity contribution in [2.24, 2.45) is 0 Å². The molecule has 3 rings (SSSR count). The number of rotatable bonds is 0. The summed E-state index contributed by atoms with van der Waals surface area (Å²) in [5.74, 6) is 0. The predicted molar refractivity (Wildman–Crippen MR) is 106 cm³/mol. The Kier molecular flexibility index (Phi) is 21.3. The summed E-state index contributed by atoms with van der Waals surface area (Å²) in [6, 6.07) is 37.5. The Morgan fingerprint density at radius 1 is 0.640 bits per heavy atom. The van der Waals surface area contributed by atoms with E-state index in [-0.39, 0.29) is 32.1 Å². The molecule has 0 fully saturated rings. The van der Waals surface area contributed by atoms with Crippen LogP contribution in [0.15, 0.2) is 91.0 Å². The summed E-state index contributed by atoms with van der Waals surface area (Å²) >= 11 is 2.33. The molecule has 0 aliphatic rings. The molecule has 0 saturated carbocycles. The largest absolute Gasteiger partial charge is 0.0622 e. The van der Waals surface area contributed by atoms with Crippen LogP contribution in [0, 0.1) is 18.2 Å². The van der Waals surface area contributed by atoms with Crippen LogP contribution >= 0.6 is 0 Å². The average Bonchev–Trinajstić information content (AvgIpc) is 2.67. The third kappa shape index (κ3) is 22.6. The predicted octanol–water partition coefficient (Wildman–Crippen LogP) is 3.92. The summed E-state index contributed by atoms with van der Waals surface area (Å²) in [5.41, 5.74) is 0. The third-order valence-corrected chi connectivity index (χ3v) is 2.95. The van der Waals surface area contributed by atoms with Crippen LogP contribution in [0.5, 0.6) is 0 Å². The van der Waals surface area contributed by atoms with Gasteiger partial charge < -0.3 is 0 Å². The van der Waals surface area contributed by atoms with Gasteiger partial charge in [0, 0.05) is 27.3 Å². The minimum atomic E-state index is -0.0324. The van der Waals surface area contributed by atoms with Crippen molar-refractivity contribution in [1.29, 1.82) is 0 Å². The topological polar surface area (TPSA) is 20.3 Å². The van der Waals surface area contributed by atoms with Crippen molar-refractivity contribution in [2.45, 2.75) is 0 Å². The summed E-state index contributed by atoms with van der Waals surface area (Å²) in [4.78, 5) is 11.5. The summed E-state index contributed by atoms with van der Waals surface area (Å²) in [7, 11) is 3.39. The molecule has 0 saturated heterocycles. The average molecular weight is 590 g/mol. The number of nitrogens with zero attached hydrogens (tertiary/aromatic N) is 1. The molecule has 1 amide bonds. The van der Waals surface area contributed by atoms with Crippen molar-refractivity contribution in [3.63, 3.8) is 0 Å². The van der Waals surface area contributed by atoms with Gasteiger partial charge in [0.1, 0.15) is 0 Å². The molecule has 127 valence electrons. The fourth-order valence-corrected chi connectivity index (χ4v) is 1.03. The number of benzene rings is 3. The maximum atomic E-state index is 10.0. The van der Waals surface area contributed by atoms with E-state index < -0.39 is 0 Å². The van der Waals surface area contributed by atoms with Gasteiger partial charge in [0.2, 0.25) is 0 Å². The molecule has 0 aromatic heterocycles. The molecule has 0 unspecified atom stereocenters. The molecule has 25 heavy (non-hydrogen) atoms. The number of carbonyl (C=O) groups excluding carboxylic acids is 1. The molecule has 0 aliphatic carbocycles. The van der Waals surface area contributed by atoms with Crippen LogP contribution < -0.4 is 0 Å². The molecule has 0 atom stereocenters. The Morgan fingerprint density at radius 3 is 0.880 bits per heavy atom. The third-order valence-electron chi connectivity index (χ3n) is 2.19. The van der Waals surface area contributed by atoms with Crippen molar-refractivity contribution >= 4 is 48.1 Å². The van der Waals surface area contributed by atoms with Crippen LogP contribution in [0.1, 0.15) is 0 Å². The molecule has 2 nitrogen and oxygen atoms in total. The van der Waals surface area contributed by atoms with Gasteiger partial charge in [0.05, 0.1) is 0 Å². The normalized spacial score (nSPS) is 7.60. The number of hydrogen-bond donors (Lipinski definition) is 0. The Hall–Kier alpha value is -1.43. The second kappa shape index (κ2) is 20.6. The number of carbonyl (C=O) groups is 1. The summed E-state index contributed by atoms with van der Waals surface area (Å²) < 4.78 is 0. The van der Waals surface area contributed by atoms with E-state index in [9.17, 15) is 4.79 Å². The van der Waals surface area contributed by atoms with Crippen molar-refractivity contribution in [3.8, 4) is 0 Å². The van der Waals surface area contributed by atoms with E-state index >= 15 is 0 Å². The quantitative estimate of drug-likeness (QED) is 0.365. The molecular weight excluding hydrogens is 568 g/mol. The van der Waals surface area contributed by atoms with Gasteiger partial charge in [-0.2, -0.15) is 0 Å². The molecule has 4 heteroatoms. The van der Waals surface area contributed by atoms with E-state index in [0.29, 0.717) is 0 Å². The van der Waals surface area contributed by atoms with E-state index in [2.05, 4.69) is 34.2 Å². The van der Waals surface area contributed by atoms with Crippen LogP contribution in [0.25, 0.3) is 0 Å². The number of amides is 1. The first-order chi connectivity index (χ1) is 11.6. The zero-order valence-corrected chi connectivity index (χ0v) is 20.0. The molecule has 0 aliphatic heterocycles. The summed E-state index contributed by atoms with van der Waals surface area (Å²) in [5, 5.41) is 0. The van der Waals surface area contributed by atoms with E-state index in [1.807, 2.05) is 91.0 Å². The molecule has 7 radical (unpaired) electrons. The standard InChI is InChI=1S/3C6H5.C3H7NOSe.Pb/c3*1-2-4-6-5-3-1;1-4(2)3(5)6;/h3*1-5H;1-2H3,(H,5,6);/p-1. The Balaban J connectivity index is 0. The van der Waals surface area contributed by atoms with E-state index in [4.69, 9.17) is 0 Å². The van der Waals surface area contributed by atoms with Crippen LogP contribution in [0.3, 0.4) is 0 Å². The van der Waals surface area contributed by atoms with Crippen LogP contribution in [-0.2, 0) is 0 Å². The Bertz CT molecular complexity index is 437. The SMILES string of the molecule is CN(C)C(=O)[Se-].[Pb].[c]1ccccc1.[c]1ccccc1.[c]1ccccc1. The molecular formula is C21H21NOPbSe-. The minimum Gasteiger partial charge on any atom is -0.0622 e. The van der Waals surface area contributed by atoms with Gasteiger partial charge in [-0.3, -0.25) is 0 Å². The first kappa shape index (κ1) is 25.8. The fraction of sp³-hybridized carbons (Fsp3) is 0.0952. The van der Waals surface area contributed by atoms with Crippen LogP contribution in [-0.4, -0.2) is 67.1 Å². The summed E-state index contributed by atoms with van der Waals surface area (Å²) in [6.45, 7) is 0. The van der Waals surface area contributed by atoms with Gasteiger partial charge in [-0.1, -0.05) is 91.0 Å². The molecule has 0 bridgehead atoms. The maximum Gasteiger partial charge on any atom is 0 e. The van der Waals surface area contributed by atoms with Gasteiger partial charge >= 0.3 is 44.6 Å². The van der Waals surface area contributed by atoms with Crippen molar-refractivity contribution in [2.75, 3.05) is 14.1 Å². The molecule has 0 heterocycles. The van der Waals surface area contributed by atoms with Crippen LogP contribution in [0.4, 0.5) is 4.79 Å². The second-order valence-corrected chi connectivity index (χ2v) is 5.13. The monoisotopic (exact) mass is 591 g/mol. The van der Waals surface area contributed by atoms with Crippen LogP contribution in [0.2, 0.25) is 0 Å². The number of hydrogen-bond acceptors (Lipinski definition) is 1. The molecule has 0 N–H and O–H groups in total. The van der Waals surface area contributed by atoms with Gasteiger partial charge in [-0.15, -0.1) is 0 Å². The smallest absolute Gasteiger partial charge is 0 e. The van der Waals surface area contributed by atoms with E-state index in [1.54, 1.807) is 14.1 Å². The zero-order valence-electron chi connectivity index (χ0n) is 14.4. The van der Waals surface area contributed by atoms with Gasteiger partial charge in [0.15, 0.2) is 0 Å². The van der Waals surface area contributed by atoms with E-state index in [0.717, 1.165) is 0 Å².